The van der Waals surface area contributed by atoms with E-state index in [4.69, 9.17) is 0 Å². The first kappa shape index (κ1) is 21.2. The molecule has 0 radical (unpaired) electrons. The SMILES string of the molecule is CCN1CCCC1CNC(=O)[C@H]1CNC[C@@H]1c1cnn(C)c1.Cl.Cl. The van der Waals surface area contributed by atoms with Crippen LogP contribution >= 0.6 is 24.8 Å². The molecule has 0 spiro atoms. The second kappa shape index (κ2) is 9.61. The number of carbonyl (C=O) groups is 1. The lowest BCUT2D eigenvalue weighted by molar-refractivity contribution is -0.125. The molecule has 6 nitrogen and oxygen atoms in total. The molecular weight excluding hydrogens is 349 g/mol. The first-order chi connectivity index (χ1) is 10.7. The summed E-state index contributed by atoms with van der Waals surface area (Å²) in [6.45, 7) is 6.83. The van der Waals surface area contributed by atoms with E-state index < -0.39 is 0 Å². The Morgan fingerprint density at radius 1 is 1.42 bits per heavy atom. The maximum atomic E-state index is 12.6. The van der Waals surface area contributed by atoms with Crippen molar-refractivity contribution in [2.24, 2.45) is 13.0 Å². The van der Waals surface area contributed by atoms with Crippen molar-refractivity contribution in [3.63, 3.8) is 0 Å². The average molecular weight is 378 g/mol. The molecule has 1 aromatic heterocycles. The smallest absolute Gasteiger partial charge is 0.225 e. The Morgan fingerprint density at radius 2 is 2.21 bits per heavy atom. The average Bonchev–Trinajstić information content (AvgIpc) is 3.24. The van der Waals surface area contributed by atoms with Gasteiger partial charge in [0.1, 0.15) is 0 Å². The Kier molecular flexibility index (Phi) is 8.50. The first-order valence-corrected chi connectivity index (χ1v) is 8.40. The summed E-state index contributed by atoms with van der Waals surface area (Å²) in [4.78, 5) is 15.1. The van der Waals surface area contributed by atoms with Crippen LogP contribution in [0, 0.1) is 5.92 Å². The minimum Gasteiger partial charge on any atom is -0.354 e. The van der Waals surface area contributed by atoms with Crippen LogP contribution < -0.4 is 10.6 Å². The molecule has 2 aliphatic rings. The number of carbonyl (C=O) groups excluding carboxylic acids is 1. The Bertz CT molecular complexity index is 524. The van der Waals surface area contributed by atoms with Gasteiger partial charge in [0.2, 0.25) is 5.91 Å². The molecule has 3 rings (SSSR count). The molecule has 3 heterocycles. The standard InChI is InChI=1S/C16H27N5O.2ClH/c1-3-21-6-4-5-13(21)8-18-16(22)15-10-17-9-14(15)12-7-19-20(2)11-12;;/h7,11,13-15,17H,3-6,8-10H2,1-2H3,(H,18,22);2*1H/t13?,14-,15+;;/m1../s1. The monoisotopic (exact) mass is 377 g/mol. The summed E-state index contributed by atoms with van der Waals surface area (Å²) in [6, 6.07) is 0.514. The van der Waals surface area contributed by atoms with Crippen LogP contribution in [0.1, 0.15) is 31.2 Å². The predicted octanol–water partition coefficient (Wildman–Crippen LogP) is 1.17. The van der Waals surface area contributed by atoms with Crippen LogP contribution in [0.4, 0.5) is 0 Å². The first-order valence-electron chi connectivity index (χ1n) is 8.40. The number of likely N-dealkylation sites (N-methyl/N-ethyl adjacent to an activating group) is 1. The van der Waals surface area contributed by atoms with Gasteiger partial charge in [-0.15, -0.1) is 24.8 Å². The van der Waals surface area contributed by atoms with E-state index in [1.807, 2.05) is 19.4 Å². The van der Waals surface area contributed by atoms with Crippen LogP contribution in [0.25, 0.3) is 0 Å². The summed E-state index contributed by atoms with van der Waals surface area (Å²) in [5.74, 6) is 0.432. The van der Waals surface area contributed by atoms with Gasteiger partial charge in [-0.3, -0.25) is 14.4 Å². The number of aryl methyl sites for hydroxylation is 1. The van der Waals surface area contributed by atoms with Crippen LogP contribution in [0.5, 0.6) is 0 Å². The maximum Gasteiger partial charge on any atom is 0.225 e. The fourth-order valence-electron chi connectivity index (χ4n) is 3.83. The molecule has 2 saturated heterocycles. The van der Waals surface area contributed by atoms with Crippen molar-refractivity contribution < 1.29 is 4.79 Å². The summed E-state index contributed by atoms with van der Waals surface area (Å²) in [5.41, 5.74) is 1.16. The quantitative estimate of drug-likeness (QED) is 0.808. The molecule has 1 amide bonds. The number of nitrogens with zero attached hydrogens (tertiary/aromatic N) is 3. The van der Waals surface area contributed by atoms with Gasteiger partial charge in [-0.1, -0.05) is 6.92 Å². The number of halogens is 2. The number of rotatable bonds is 5. The Labute approximate surface area is 156 Å². The molecule has 0 aromatic carbocycles. The van der Waals surface area contributed by atoms with E-state index >= 15 is 0 Å². The topological polar surface area (TPSA) is 62.2 Å². The number of hydrogen-bond acceptors (Lipinski definition) is 4. The molecule has 2 fully saturated rings. The Hall–Kier alpha value is -0.820. The van der Waals surface area contributed by atoms with Crippen molar-refractivity contribution in [2.75, 3.05) is 32.7 Å². The third-order valence-electron chi connectivity index (χ3n) is 5.12. The van der Waals surface area contributed by atoms with E-state index in [0.29, 0.717) is 6.04 Å². The molecule has 0 bridgehead atoms. The molecular formula is C16H29Cl2N5O. The van der Waals surface area contributed by atoms with Gasteiger partial charge in [0, 0.05) is 44.8 Å². The number of aromatic nitrogens is 2. The fourth-order valence-corrected chi connectivity index (χ4v) is 3.83. The van der Waals surface area contributed by atoms with Crippen molar-refractivity contribution in [3.05, 3.63) is 18.0 Å². The van der Waals surface area contributed by atoms with Gasteiger partial charge in [0.15, 0.2) is 0 Å². The molecule has 0 aliphatic carbocycles. The zero-order chi connectivity index (χ0) is 15.5. The van der Waals surface area contributed by atoms with E-state index in [1.54, 1.807) is 4.68 Å². The van der Waals surface area contributed by atoms with E-state index in [1.165, 1.54) is 19.4 Å². The Morgan fingerprint density at radius 3 is 2.88 bits per heavy atom. The highest BCUT2D eigenvalue weighted by atomic mass is 35.5. The largest absolute Gasteiger partial charge is 0.354 e. The van der Waals surface area contributed by atoms with E-state index in [0.717, 1.165) is 31.7 Å². The molecule has 0 saturated carbocycles. The lowest BCUT2D eigenvalue weighted by Gasteiger charge is -2.24. The predicted molar refractivity (Wildman–Crippen MR) is 100 cm³/mol. The van der Waals surface area contributed by atoms with Crippen LogP contribution in [-0.4, -0.2) is 59.4 Å². The van der Waals surface area contributed by atoms with E-state index in [2.05, 4.69) is 27.6 Å². The summed E-state index contributed by atoms with van der Waals surface area (Å²) < 4.78 is 1.81. The van der Waals surface area contributed by atoms with Crippen molar-refractivity contribution >= 4 is 30.7 Å². The number of hydrogen-bond donors (Lipinski definition) is 2. The highest BCUT2D eigenvalue weighted by Crippen LogP contribution is 2.28. The van der Waals surface area contributed by atoms with E-state index in [-0.39, 0.29) is 42.6 Å². The van der Waals surface area contributed by atoms with Crippen molar-refractivity contribution in [1.82, 2.24) is 25.3 Å². The minimum absolute atomic E-state index is 0. The fraction of sp³-hybridized carbons (Fsp3) is 0.750. The zero-order valence-corrected chi connectivity index (χ0v) is 16.0. The van der Waals surface area contributed by atoms with Gasteiger partial charge < -0.3 is 10.6 Å². The van der Waals surface area contributed by atoms with E-state index in [9.17, 15) is 4.79 Å². The van der Waals surface area contributed by atoms with Crippen molar-refractivity contribution in [2.45, 2.75) is 31.7 Å². The van der Waals surface area contributed by atoms with Gasteiger partial charge in [-0.2, -0.15) is 5.10 Å². The molecule has 3 atom stereocenters. The van der Waals surface area contributed by atoms with Crippen molar-refractivity contribution in [1.29, 1.82) is 0 Å². The zero-order valence-electron chi connectivity index (χ0n) is 14.4. The van der Waals surface area contributed by atoms with Gasteiger partial charge in [0.25, 0.3) is 0 Å². The number of likely N-dealkylation sites (tertiary alicyclic amines) is 1. The van der Waals surface area contributed by atoms with Gasteiger partial charge in [-0.25, -0.2) is 0 Å². The summed E-state index contributed by atoms with van der Waals surface area (Å²) >= 11 is 0. The highest BCUT2D eigenvalue weighted by Gasteiger charge is 2.35. The summed E-state index contributed by atoms with van der Waals surface area (Å²) in [6.07, 6.45) is 6.35. The van der Waals surface area contributed by atoms with Crippen LogP contribution in [0.15, 0.2) is 12.4 Å². The lowest BCUT2D eigenvalue weighted by atomic mass is 9.90. The second-order valence-corrected chi connectivity index (χ2v) is 6.49. The molecule has 2 N–H and O–H groups in total. The summed E-state index contributed by atoms with van der Waals surface area (Å²) in [7, 11) is 1.92. The summed E-state index contributed by atoms with van der Waals surface area (Å²) in [5, 5.41) is 10.8. The van der Waals surface area contributed by atoms with Gasteiger partial charge in [0.05, 0.1) is 12.1 Å². The molecule has 138 valence electrons. The molecule has 1 unspecified atom stereocenters. The second-order valence-electron chi connectivity index (χ2n) is 6.49. The van der Waals surface area contributed by atoms with Crippen LogP contribution in [0.2, 0.25) is 0 Å². The molecule has 2 aliphatic heterocycles. The highest BCUT2D eigenvalue weighted by molar-refractivity contribution is 5.85. The van der Waals surface area contributed by atoms with Gasteiger partial charge >= 0.3 is 0 Å². The minimum atomic E-state index is 0. The third kappa shape index (κ3) is 4.63. The maximum absolute atomic E-state index is 12.6. The number of amides is 1. The normalized spacial score (nSPS) is 26.7. The molecule has 1 aromatic rings. The third-order valence-corrected chi connectivity index (χ3v) is 5.12. The molecule has 24 heavy (non-hydrogen) atoms. The number of nitrogens with one attached hydrogen (secondary N) is 2. The van der Waals surface area contributed by atoms with Gasteiger partial charge in [-0.05, 0) is 31.5 Å². The molecule has 8 heteroatoms. The Balaban J connectivity index is 0.00000144. The lowest BCUT2D eigenvalue weighted by Crippen LogP contribution is -2.43. The van der Waals surface area contributed by atoms with Crippen molar-refractivity contribution in [3.8, 4) is 0 Å². The van der Waals surface area contributed by atoms with Crippen LogP contribution in [-0.2, 0) is 11.8 Å². The van der Waals surface area contributed by atoms with Crippen LogP contribution in [0.3, 0.4) is 0 Å².